The van der Waals surface area contributed by atoms with Crippen molar-refractivity contribution in [2.45, 2.75) is 24.5 Å². The van der Waals surface area contributed by atoms with E-state index < -0.39 is 0 Å². The van der Waals surface area contributed by atoms with Crippen LogP contribution < -0.4 is 11.1 Å². The molecule has 0 bridgehead atoms. The molecule has 19 heavy (non-hydrogen) atoms. The first-order chi connectivity index (χ1) is 9.15. The van der Waals surface area contributed by atoms with Gasteiger partial charge in [-0.3, -0.25) is 4.79 Å². The van der Waals surface area contributed by atoms with Gasteiger partial charge >= 0.3 is 0 Å². The SMILES string of the molecule is NC(=S)c1ccc(CC(=O)NCC2CCCS2)cc1. The minimum absolute atomic E-state index is 0.0792. The second-order valence-electron chi connectivity index (χ2n) is 4.68. The zero-order valence-electron chi connectivity index (χ0n) is 10.7. The number of nitrogens with two attached hydrogens (primary N) is 1. The van der Waals surface area contributed by atoms with E-state index in [1.807, 2.05) is 36.0 Å². The summed E-state index contributed by atoms with van der Waals surface area (Å²) in [6.07, 6.45) is 2.90. The van der Waals surface area contributed by atoms with Crippen molar-refractivity contribution in [3.05, 3.63) is 35.4 Å². The standard InChI is InChI=1S/C14H18N2OS2/c15-14(18)11-5-3-10(4-6-11)8-13(17)16-9-12-2-1-7-19-12/h3-6,12H,1-2,7-9H2,(H2,15,18)(H,16,17). The van der Waals surface area contributed by atoms with Crippen molar-refractivity contribution in [1.82, 2.24) is 5.32 Å². The van der Waals surface area contributed by atoms with Gasteiger partial charge in [-0.25, -0.2) is 0 Å². The third-order valence-corrected chi connectivity index (χ3v) is 4.79. The molecule has 1 aliphatic rings. The van der Waals surface area contributed by atoms with Gasteiger partial charge in [-0.05, 0) is 24.2 Å². The average Bonchev–Trinajstić information content (AvgIpc) is 2.90. The van der Waals surface area contributed by atoms with Gasteiger partial charge < -0.3 is 11.1 Å². The lowest BCUT2D eigenvalue weighted by atomic mass is 10.1. The molecule has 0 aromatic heterocycles. The van der Waals surface area contributed by atoms with E-state index >= 15 is 0 Å². The highest BCUT2D eigenvalue weighted by Crippen LogP contribution is 2.25. The van der Waals surface area contributed by atoms with E-state index in [0.29, 0.717) is 16.7 Å². The molecule has 0 aliphatic carbocycles. The van der Waals surface area contributed by atoms with Crippen LogP contribution in [-0.2, 0) is 11.2 Å². The Labute approximate surface area is 123 Å². The highest BCUT2D eigenvalue weighted by Gasteiger charge is 2.16. The van der Waals surface area contributed by atoms with Gasteiger partial charge in [-0.2, -0.15) is 11.8 Å². The summed E-state index contributed by atoms with van der Waals surface area (Å²) in [4.78, 5) is 12.2. The molecule has 1 unspecified atom stereocenters. The molecular formula is C14H18N2OS2. The Morgan fingerprint density at radius 1 is 1.42 bits per heavy atom. The van der Waals surface area contributed by atoms with Crippen molar-refractivity contribution < 1.29 is 4.79 Å². The third kappa shape index (κ3) is 4.51. The van der Waals surface area contributed by atoms with Crippen LogP contribution in [0.2, 0.25) is 0 Å². The molecule has 1 fully saturated rings. The fourth-order valence-corrected chi connectivity index (χ4v) is 3.41. The fourth-order valence-electron chi connectivity index (χ4n) is 2.07. The molecule has 1 amide bonds. The van der Waals surface area contributed by atoms with Crippen LogP contribution in [0.15, 0.2) is 24.3 Å². The van der Waals surface area contributed by atoms with Crippen molar-refractivity contribution in [3.63, 3.8) is 0 Å². The Morgan fingerprint density at radius 3 is 2.74 bits per heavy atom. The zero-order valence-corrected chi connectivity index (χ0v) is 12.4. The van der Waals surface area contributed by atoms with E-state index in [0.717, 1.165) is 17.7 Å². The average molecular weight is 294 g/mol. The monoisotopic (exact) mass is 294 g/mol. The van der Waals surface area contributed by atoms with Crippen LogP contribution in [0.3, 0.4) is 0 Å². The van der Waals surface area contributed by atoms with Crippen molar-refractivity contribution in [2.75, 3.05) is 12.3 Å². The van der Waals surface area contributed by atoms with Gasteiger partial charge in [-0.1, -0.05) is 36.5 Å². The first kappa shape index (κ1) is 14.3. The lowest BCUT2D eigenvalue weighted by Crippen LogP contribution is -2.30. The molecule has 3 N–H and O–H groups in total. The maximum atomic E-state index is 11.8. The predicted molar refractivity (Wildman–Crippen MR) is 84.5 cm³/mol. The molecule has 1 aromatic rings. The molecule has 5 heteroatoms. The molecule has 102 valence electrons. The van der Waals surface area contributed by atoms with Crippen LogP contribution in [-0.4, -0.2) is 28.4 Å². The van der Waals surface area contributed by atoms with E-state index in [9.17, 15) is 4.79 Å². The topological polar surface area (TPSA) is 55.1 Å². The largest absolute Gasteiger partial charge is 0.389 e. The van der Waals surface area contributed by atoms with Gasteiger partial charge in [0, 0.05) is 17.4 Å². The molecule has 1 aromatic carbocycles. The maximum Gasteiger partial charge on any atom is 0.224 e. The number of thioether (sulfide) groups is 1. The summed E-state index contributed by atoms with van der Waals surface area (Å²) >= 11 is 6.85. The molecule has 1 saturated heterocycles. The molecular weight excluding hydrogens is 276 g/mol. The number of hydrogen-bond donors (Lipinski definition) is 2. The van der Waals surface area contributed by atoms with Gasteiger partial charge in [0.1, 0.15) is 4.99 Å². The second-order valence-corrected chi connectivity index (χ2v) is 6.53. The van der Waals surface area contributed by atoms with Crippen LogP contribution in [0.25, 0.3) is 0 Å². The number of benzene rings is 1. The van der Waals surface area contributed by atoms with E-state index in [2.05, 4.69) is 5.32 Å². The molecule has 1 aliphatic heterocycles. The number of hydrogen-bond acceptors (Lipinski definition) is 3. The number of rotatable bonds is 5. The van der Waals surface area contributed by atoms with Crippen molar-refractivity contribution in [3.8, 4) is 0 Å². The summed E-state index contributed by atoms with van der Waals surface area (Å²) in [5, 5.41) is 3.60. The lowest BCUT2D eigenvalue weighted by Gasteiger charge is -2.10. The molecule has 1 heterocycles. The summed E-state index contributed by atoms with van der Waals surface area (Å²) in [6, 6.07) is 7.52. The third-order valence-electron chi connectivity index (χ3n) is 3.15. The summed E-state index contributed by atoms with van der Waals surface area (Å²) in [6.45, 7) is 0.786. The Hall–Kier alpha value is -1.07. The van der Waals surface area contributed by atoms with E-state index in [1.54, 1.807) is 0 Å². The fraction of sp³-hybridized carbons (Fsp3) is 0.429. The minimum Gasteiger partial charge on any atom is -0.389 e. The lowest BCUT2D eigenvalue weighted by molar-refractivity contribution is -0.120. The van der Waals surface area contributed by atoms with E-state index in [-0.39, 0.29) is 5.91 Å². The molecule has 0 spiro atoms. The van der Waals surface area contributed by atoms with Crippen molar-refractivity contribution in [2.24, 2.45) is 5.73 Å². The van der Waals surface area contributed by atoms with Crippen LogP contribution in [0.4, 0.5) is 0 Å². The van der Waals surface area contributed by atoms with Crippen LogP contribution in [0, 0.1) is 0 Å². The quantitative estimate of drug-likeness (QED) is 0.814. The van der Waals surface area contributed by atoms with Gasteiger partial charge in [0.2, 0.25) is 5.91 Å². The van der Waals surface area contributed by atoms with E-state index in [1.165, 1.54) is 18.6 Å². The zero-order chi connectivity index (χ0) is 13.7. The molecule has 0 saturated carbocycles. The Balaban J connectivity index is 1.79. The van der Waals surface area contributed by atoms with Gasteiger partial charge in [0.25, 0.3) is 0 Å². The minimum atomic E-state index is 0.0792. The molecule has 2 rings (SSSR count). The summed E-state index contributed by atoms with van der Waals surface area (Å²) in [5.41, 5.74) is 7.35. The van der Waals surface area contributed by atoms with Gasteiger partial charge in [-0.15, -0.1) is 0 Å². The van der Waals surface area contributed by atoms with Crippen molar-refractivity contribution >= 4 is 34.9 Å². The van der Waals surface area contributed by atoms with E-state index in [4.69, 9.17) is 18.0 Å². The smallest absolute Gasteiger partial charge is 0.224 e. The van der Waals surface area contributed by atoms with Crippen LogP contribution in [0.5, 0.6) is 0 Å². The summed E-state index contributed by atoms with van der Waals surface area (Å²) in [7, 11) is 0. The van der Waals surface area contributed by atoms with Crippen LogP contribution >= 0.6 is 24.0 Å². The maximum absolute atomic E-state index is 11.8. The Kier molecular flexibility index (Phi) is 5.22. The number of thiocarbonyl (C=S) groups is 1. The summed E-state index contributed by atoms with van der Waals surface area (Å²) in [5.74, 6) is 1.30. The number of amides is 1. The number of carbonyl (C=O) groups excluding carboxylic acids is 1. The molecule has 0 radical (unpaired) electrons. The predicted octanol–water partition coefficient (Wildman–Crippen LogP) is 1.88. The molecule has 1 atom stereocenters. The highest BCUT2D eigenvalue weighted by molar-refractivity contribution is 8.00. The van der Waals surface area contributed by atoms with Gasteiger partial charge in [0.15, 0.2) is 0 Å². The Morgan fingerprint density at radius 2 is 2.16 bits per heavy atom. The normalized spacial score (nSPS) is 18.2. The summed E-state index contributed by atoms with van der Waals surface area (Å²) < 4.78 is 0. The van der Waals surface area contributed by atoms with Crippen molar-refractivity contribution in [1.29, 1.82) is 0 Å². The number of carbonyl (C=O) groups is 1. The second kappa shape index (κ2) is 6.91. The first-order valence-electron chi connectivity index (χ1n) is 6.42. The number of nitrogens with one attached hydrogen (secondary N) is 1. The van der Waals surface area contributed by atoms with Gasteiger partial charge in [0.05, 0.1) is 6.42 Å². The van der Waals surface area contributed by atoms with Crippen LogP contribution in [0.1, 0.15) is 24.0 Å². The molecule has 3 nitrogen and oxygen atoms in total. The Bertz CT molecular complexity index is 453. The highest BCUT2D eigenvalue weighted by atomic mass is 32.2. The first-order valence-corrected chi connectivity index (χ1v) is 7.88.